The van der Waals surface area contributed by atoms with Crippen LogP contribution in [0, 0.1) is 0 Å². The van der Waals surface area contributed by atoms with Gasteiger partial charge in [-0.15, -0.1) is 0 Å². The first-order valence-electron chi connectivity index (χ1n) is 0.730. The molecule has 0 saturated carbocycles. The van der Waals surface area contributed by atoms with Crippen molar-refractivity contribution in [1.29, 1.82) is 0 Å². The fraction of sp³-hybridized carbons (Fsp3) is 0. The van der Waals surface area contributed by atoms with Gasteiger partial charge < -0.3 is 19.2 Å². The zero-order valence-electron chi connectivity index (χ0n) is 2.53. The van der Waals surface area contributed by atoms with Gasteiger partial charge in [0.15, 0.2) is 0 Å². The molecule has 6 heteroatoms. The fourth-order valence-corrected chi connectivity index (χ4v) is 0. The first kappa shape index (κ1) is 9.97. The van der Waals surface area contributed by atoms with Crippen molar-refractivity contribution >= 4 is 7.82 Å². The summed E-state index contributed by atoms with van der Waals surface area (Å²) in [5.74, 6) is 0. The molecule has 0 spiro atoms. The molecule has 0 bridgehead atoms. The van der Waals surface area contributed by atoms with Crippen LogP contribution in [0.2, 0.25) is 0 Å². The first-order chi connectivity index (χ1) is 2.00. The van der Waals surface area contributed by atoms with Crippen LogP contribution in [0.4, 0.5) is 0 Å². The second-order valence-corrected chi connectivity index (χ2v) is 1.34. The molecule has 0 saturated heterocycles. The summed E-state index contributed by atoms with van der Waals surface area (Å²) in [5, 5.41) is 0. The van der Waals surface area contributed by atoms with Crippen LogP contribution < -0.4 is 14.7 Å². The minimum absolute atomic E-state index is 0. The standard InChI is InChI=1S/Nb.H3O4P/c;1-5(2,3)4/h;(H3,1,2,3,4)/q+3;/p-3. The Hall–Kier alpha value is 0.850. The van der Waals surface area contributed by atoms with Crippen molar-refractivity contribution in [3.63, 3.8) is 0 Å². The van der Waals surface area contributed by atoms with E-state index in [0.29, 0.717) is 0 Å². The summed E-state index contributed by atoms with van der Waals surface area (Å²) in [6, 6.07) is 0. The van der Waals surface area contributed by atoms with Crippen molar-refractivity contribution in [2.75, 3.05) is 0 Å². The average molecular weight is 188 g/mol. The molecule has 0 heterocycles. The summed E-state index contributed by atoms with van der Waals surface area (Å²) in [5.41, 5.74) is 0. The van der Waals surface area contributed by atoms with Crippen molar-refractivity contribution in [3.05, 3.63) is 0 Å². The molecular weight excluding hydrogens is 188 g/mol. The molecule has 0 atom stereocenters. The Kier molecular flexibility index (Phi) is 4.87. The molecule has 0 aromatic heterocycles. The van der Waals surface area contributed by atoms with Crippen LogP contribution in [-0.4, -0.2) is 0 Å². The Bertz CT molecular complexity index is 53.7. The Morgan fingerprint density at radius 3 is 1.17 bits per heavy atom. The Balaban J connectivity index is 0. The van der Waals surface area contributed by atoms with Crippen LogP contribution in [0.1, 0.15) is 0 Å². The smallest absolute Gasteiger partial charge is 0.822 e. The van der Waals surface area contributed by atoms with Crippen LogP contribution in [0.15, 0.2) is 0 Å². The number of rotatable bonds is 0. The zero-order valence-corrected chi connectivity index (χ0v) is 5.62. The zero-order chi connectivity index (χ0) is 4.50. The summed E-state index contributed by atoms with van der Waals surface area (Å²) >= 11 is 0. The molecule has 6 heavy (non-hydrogen) atoms. The van der Waals surface area contributed by atoms with E-state index in [1.54, 1.807) is 0 Å². The SMILES string of the molecule is O=P([O-])([O-])[O-].[Nb+3]. The van der Waals surface area contributed by atoms with Gasteiger partial charge in [-0.1, -0.05) is 0 Å². The van der Waals surface area contributed by atoms with E-state index >= 15 is 0 Å². The van der Waals surface area contributed by atoms with Crippen LogP contribution >= 0.6 is 7.82 Å². The minimum Gasteiger partial charge on any atom is -0.822 e. The van der Waals surface area contributed by atoms with E-state index in [1.165, 1.54) is 0 Å². The third-order valence-electron chi connectivity index (χ3n) is 0. The summed E-state index contributed by atoms with van der Waals surface area (Å²) < 4.78 is 8.55. The van der Waals surface area contributed by atoms with Crippen molar-refractivity contribution in [3.8, 4) is 0 Å². The molecule has 34 valence electrons. The maximum Gasteiger partial charge on any atom is 3.00 e. The molecule has 4 nitrogen and oxygen atoms in total. The molecule has 0 aliphatic rings. The Labute approximate surface area is 49.9 Å². The predicted octanol–water partition coefficient (Wildman–Crippen LogP) is -2.83. The van der Waals surface area contributed by atoms with Gasteiger partial charge in [-0.05, 0) is 0 Å². The minimum atomic E-state index is -5.39. The van der Waals surface area contributed by atoms with Crippen LogP contribution in [0.5, 0.6) is 0 Å². The first-order valence-corrected chi connectivity index (χ1v) is 2.19. The van der Waals surface area contributed by atoms with Crippen LogP contribution in [0.25, 0.3) is 0 Å². The van der Waals surface area contributed by atoms with E-state index in [2.05, 4.69) is 0 Å². The van der Waals surface area contributed by atoms with Crippen LogP contribution in [0.3, 0.4) is 0 Å². The monoisotopic (exact) mass is 188 g/mol. The second-order valence-electron chi connectivity index (χ2n) is 0.447. The molecule has 0 aromatic rings. The summed E-state index contributed by atoms with van der Waals surface area (Å²) in [6.07, 6.45) is 0. The second kappa shape index (κ2) is 2.93. The Morgan fingerprint density at radius 2 is 1.17 bits per heavy atom. The largest absolute Gasteiger partial charge is 3.00 e. The fourth-order valence-electron chi connectivity index (χ4n) is 0. The quantitative estimate of drug-likeness (QED) is 0.303. The van der Waals surface area contributed by atoms with Gasteiger partial charge in [-0.25, -0.2) is 0 Å². The van der Waals surface area contributed by atoms with Crippen molar-refractivity contribution in [1.82, 2.24) is 0 Å². The van der Waals surface area contributed by atoms with E-state index in [1.807, 2.05) is 0 Å². The third-order valence-corrected chi connectivity index (χ3v) is 0. The van der Waals surface area contributed by atoms with Crippen molar-refractivity contribution in [2.24, 2.45) is 0 Å². The van der Waals surface area contributed by atoms with Crippen LogP contribution in [-0.2, 0) is 26.9 Å². The van der Waals surface area contributed by atoms with Gasteiger partial charge in [0.2, 0.25) is 0 Å². The summed E-state index contributed by atoms with van der Waals surface area (Å²) in [4.78, 5) is 25.6. The maximum absolute atomic E-state index is 8.55. The maximum atomic E-state index is 8.55. The molecular formula is NbO4P. The van der Waals surface area contributed by atoms with Crippen molar-refractivity contribution in [2.45, 2.75) is 0 Å². The van der Waals surface area contributed by atoms with Gasteiger partial charge in [-0.2, -0.15) is 7.82 Å². The van der Waals surface area contributed by atoms with E-state index in [0.717, 1.165) is 0 Å². The van der Waals surface area contributed by atoms with Gasteiger partial charge in [0, 0.05) is 0 Å². The topological polar surface area (TPSA) is 86.2 Å². The summed E-state index contributed by atoms with van der Waals surface area (Å²) in [6.45, 7) is 0. The molecule has 0 aliphatic carbocycles. The van der Waals surface area contributed by atoms with E-state index in [4.69, 9.17) is 19.2 Å². The van der Waals surface area contributed by atoms with Gasteiger partial charge in [0.05, 0.1) is 0 Å². The molecule has 0 aromatic carbocycles. The van der Waals surface area contributed by atoms with Gasteiger partial charge in [0.25, 0.3) is 0 Å². The normalized spacial score (nSPS) is 9.83. The molecule has 0 amide bonds. The number of hydrogen-bond acceptors (Lipinski definition) is 4. The van der Waals surface area contributed by atoms with Gasteiger partial charge in [-0.3, -0.25) is 0 Å². The summed E-state index contributed by atoms with van der Waals surface area (Å²) in [7, 11) is -5.39. The molecule has 0 fully saturated rings. The number of hydrogen-bond donors (Lipinski definition) is 0. The van der Waals surface area contributed by atoms with E-state index in [9.17, 15) is 0 Å². The average Bonchev–Trinajstić information content (AvgIpc) is 0.722. The van der Waals surface area contributed by atoms with Gasteiger partial charge >= 0.3 is 22.4 Å². The molecule has 0 rings (SSSR count). The molecule has 0 aliphatic heterocycles. The molecule has 0 unspecified atom stereocenters. The predicted molar refractivity (Wildman–Crippen MR) is 7.61 cm³/mol. The Morgan fingerprint density at radius 1 is 1.17 bits per heavy atom. The molecule has 0 radical (unpaired) electrons. The van der Waals surface area contributed by atoms with E-state index < -0.39 is 7.82 Å². The van der Waals surface area contributed by atoms with Crippen molar-refractivity contribution < 1.29 is 41.6 Å². The molecule has 0 N–H and O–H groups in total. The third kappa shape index (κ3) is 99.5. The van der Waals surface area contributed by atoms with E-state index in [-0.39, 0.29) is 22.4 Å². The number of phosphoric acid groups is 1. The van der Waals surface area contributed by atoms with Gasteiger partial charge in [0.1, 0.15) is 0 Å².